The van der Waals surface area contributed by atoms with Crippen molar-refractivity contribution in [1.82, 2.24) is 9.80 Å². The summed E-state index contributed by atoms with van der Waals surface area (Å²) in [7, 11) is 1.96. The first kappa shape index (κ1) is 16.5. The second-order valence-electron chi connectivity index (χ2n) is 6.81. The van der Waals surface area contributed by atoms with Gasteiger partial charge in [0.15, 0.2) is 0 Å². The fourth-order valence-corrected chi connectivity index (χ4v) is 4.55. The van der Waals surface area contributed by atoms with Gasteiger partial charge in [-0.05, 0) is 37.1 Å². The number of thiophene rings is 1. The maximum absolute atomic E-state index is 12.8. The van der Waals surface area contributed by atoms with Gasteiger partial charge in [-0.1, -0.05) is 25.3 Å². The minimum absolute atomic E-state index is 0.0282. The number of hydrogen-bond donors (Lipinski definition) is 0. The Morgan fingerprint density at radius 3 is 2.65 bits per heavy atom. The highest BCUT2D eigenvalue weighted by molar-refractivity contribution is 7.12. The third-order valence-corrected chi connectivity index (χ3v) is 6.12. The van der Waals surface area contributed by atoms with E-state index < -0.39 is 0 Å². The minimum atomic E-state index is -0.0282. The van der Waals surface area contributed by atoms with Crippen LogP contribution in [0.4, 0.5) is 0 Å². The summed E-state index contributed by atoms with van der Waals surface area (Å²) >= 11 is 1.48. The van der Waals surface area contributed by atoms with Crippen molar-refractivity contribution in [3.05, 3.63) is 22.4 Å². The van der Waals surface area contributed by atoms with Gasteiger partial charge in [0, 0.05) is 26.2 Å². The average Bonchev–Trinajstić information content (AvgIpc) is 3.15. The van der Waals surface area contributed by atoms with Crippen LogP contribution in [0.1, 0.15) is 54.6 Å². The number of hydrogen-bond acceptors (Lipinski definition) is 3. The molecule has 1 atom stereocenters. The molecule has 4 nitrogen and oxygen atoms in total. The van der Waals surface area contributed by atoms with E-state index >= 15 is 0 Å². The highest BCUT2D eigenvalue weighted by Gasteiger charge is 2.33. The SMILES string of the molecule is CN(C(=O)C1CCCN(C(=O)c2cccs2)C1)C1CCCCC1. The molecule has 1 aromatic heterocycles. The largest absolute Gasteiger partial charge is 0.342 e. The van der Waals surface area contributed by atoms with E-state index in [4.69, 9.17) is 0 Å². The Hall–Kier alpha value is -1.36. The number of amides is 2. The molecule has 2 fully saturated rings. The van der Waals surface area contributed by atoms with E-state index in [1.807, 2.05) is 34.4 Å². The molecule has 5 heteroatoms. The Morgan fingerprint density at radius 2 is 1.96 bits per heavy atom. The zero-order chi connectivity index (χ0) is 16.2. The van der Waals surface area contributed by atoms with Gasteiger partial charge >= 0.3 is 0 Å². The fourth-order valence-electron chi connectivity index (χ4n) is 3.86. The van der Waals surface area contributed by atoms with Gasteiger partial charge in [0.05, 0.1) is 10.8 Å². The monoisotopic (exact) mass is 334 g/mol. The summed E-state index contributed by atoms with van der Waals surface area (Å²) in [5.74, 6) is 0.290. The number of piperidine rings is 1. The van der Waals surface area contributed by atoms with Crippen LogP contribution < -0.4 is 0 Å². The Balaban J connectivity index is 1.61. The lowest BCUT2D eigenvalue weighted by Crippen LogP contribution is -2.48. The molecule has 0 N–H and O–H groups in total. The molecule has 1 saturated carbocycles. The molecule has 1 aliphatic carbocycles. The Kier molecular flexibility index (Phi) is 5.36. The smallest absolute Gasteiger partial charge is 0.263 e. The molecular weight excluding hydrogens is 308 g/mol. The van der Waals surface area contributed by atoms with Gasteiger partial charge in [-0.3, -0.25) is 9.59 Å². The van der Waals surface area contributed by atoms with Crippen LogP contribution in [0.5, 0.6) is 0 Å². The van der Waals surface area contributed by atoms with Crippen LogP contribution in [0.2, 0.25) is 0 Å². The number of nitrogens with zero attached hydrogens (tertiary/aromatic N) is 2. The van der Waals surface area contributed by atoms with Gasteiger partial charge in [-0.2, -0.15) is 0 Å². The van der Waals surface area contributed by atoms with Crippen molar-refractivity contribution in [2.24, 2.45) is 5.92 Å². The van der Waals surface area contributed by atoms with Crippen LogP contribution >= 0.6 is 11.3 Å². The van der Waals surface area contributed by atoms with Crippen LogP contribution in [0.3, 0.4) is 0 Å². The lowest BCUT2D eigenvalue weighted by Gasteiger charge is -2.37. The van der Waals surface area contributed by atoms with Crippen LogP contribution in [0.15, 0.2) is 17.5 Å². The standard InChI is InChI=1S/C18H26N2O2S/c1-19(15-8-3-2-4-9-15)17(21)14-7-5-11-20(13-14)18(22)16-10-6-12-23-16/h6,10,12,14-15H,2-5,7-9,11,13H2,1H3. The van der Waals surface area contributed by atoms with Gasteiger partial charge in [0.25, 0.3) is 5.91 Å². The maximum Gasteiger partial charge on any atom is 0.263 e. The van der Waals surface area contributed by atoms with Crippen molar-refractivity contribution in [3.8, 4) is 0 Å². The maximum atomic E-state index is 12.8. The molecule has 126 valence electrons. The summed E-state index contributed by atoms with van der Waals surface area (Å²) in [4.78, 5) is 30.0. The first-order valence-electron chi connectivity index (χ1n) is 8.76. The van der Waals surface area contributed by atoms with Crippen molar-refractivity contribution >= 4 is 23.2 Å². The Bertz CT molecular complexity index is 537. The molecule has 23 heavy (non-hydrogen) atoms. The molecule has 0 bridgehead atoms. The Labute approximate surface area is 142 Å². The summed E-state index contributed by atoms with van der Waals surface area (Å²) in [6, 6.07) is 4.17. The Morgan fingerprint density at radius 1 is 1.17 bits per heavy atom. The first-order chi connectivity index (χ1) is 11.2. The predicted octanol–water partition coefficient (Wildman–Crippen LogP) is 3.39. The topological polar surface area (TPSA) is 40.6 Å². The van der Waals surface area contributed by atoms with Crippen LogP contribution in [0.25, 0.3) is 0 Å². The van der Waals surface area contributed by atoms with E-state index in [2.05, 4.69) is 0 Å². The van der Waals surface area contributed by atoms with Crippen LogP contribution in [0, 0.1) is 5.92 Å². The van der Waals surface area contributed by atoms with E-state index in [1.165, 1.54) is 30.6 Å². The molecular formula is C18H26N2O2S. The van der Waals surface area contributed by atoms with E-state index in [9.17, 15) is 9.59 Å². The molecule has 1 saturated heterocycles. The van der Waals surface area contributed by atoms with E-state index in [-0.39, 0.29) is 17.7 Å². The van der Waals surface area contributed by atoms with Crippen molar-refractivity contribution in [3.63, 3.8) is 0 Å². The van der Waals surface area contributed by atoms with Gasteiger partial charge in [-0.25, -0.2) is 0 Å². The van der Waals surface area contributed by atoms with Gasteiger partial charge in [-0.15, -0.1) is 11.3 Å². The second kappa shape index (κ2) is 7.47. The normalized spacial score (nSPS) is 22.8. The van der Waals surface area contributed by atoms with Crippen LogP contribution in [-0.4, -0.2) is 47.8 Å². The van der Waals surface area contributed by atoms with Crippen molar-refractivity contribution in [2.75, 3.05) is 20.1 Å². The number of carbonyl (C=O) groups excluding carboxylic acids is 2. The third-order valence-electron chi connectivity index (χ3n) is 5.26. The number of rotatable bonds is 3. The summed E-state index contributed by atoms with van der Waals surface area (Å²) in [6.07, 6.45) is 7.85. The molecule has 2 amide bonds. The molecule has 1 aliphatic heterocycles. The summed E-state index contributed by atoms with van der Waals surface area (Å²) in [5, 5.41) is 1.93. The van der Waals surface area contributed by atoms with E-state index in [0.717, 1.165) is 37.1 Å². The predicted molar refractivity (Wildman–Crippen MR) is 92.6 cm³/mol. The molecule has 2 heterocycles. The zero-order valence-corrected chi connectivity index (χ0v) is 14.7. The van der Waals surface area contributed by atoms with Crippen molar-refractivity contribution in [1.29, 1.82) is 0 Å². The van der Waals surface area contributed by atoms with Gasteiger partial charge < -0.3 is 9.80 Å². The van der Waals surface area contributed by atoms with Crippen molar-refractivity contribution < 1.29 is 9.59 Å². The van der Waals surface area contributed by atoms with E-state index in [1.54, 1.807) is 0 Å². The summed E-state index contributed by atoms with van der Waals surface area (Å²) in [6.45, 7) is 1.35. The molecule has 0 spiro atoms. The highest BCUT2D eigenvalue weighted by atomic mass is 32.1. The summed E-state index contributed by atoms with van der Waals surface area (Å²) < 4.78 is 0. The zero-order valence-electron chi connectivity index (χ0n) is 13.9. The molecule has 2 aliphatic rings. The number of carbonyl (C=O) groups is 2. The molecule has 0 aromatic carbocycles. The second-order valence-corrected chi connectivity index (χ2v) is 7.76. The molecule has 3 rings (SSSR count). The minimum Gasteiger partial charge on any atom is -0.342 e. The fraction of sp³-hybridized carbons (Fsp3) is 0.667. The quantitative estimate of drug-likeness (QED) is 0.850. The highest BCUT2D eigenvalue weighted by Crippen LogP contribution is 2.26. The van der Waals surface area contributed by atoms with Gasteiger partial charge in [0.1, 0.15) is 0 Å². The lowest BCUT2D eigenvalue weighted by molar-refractivity contribution is -0.138. The molecule has 1 aromatic rings. The molecule has 0 radical (unpaired) electrons. The van der Waals surface area contributed by atoms with Crippen molar-refractivity contribution in [2.45, 2.75) is 51.0 Å². The van der Waals surface area contributed by atoms with E-state index in [0.29, 0.717) is 12.6 Å². The van der Waals surface area contributed by atoms with Gasteiger partial charge in [0.2, 0.25) is 5.91 Å². The molecule has 1 unspecified atom stereocenters. The summed E-state index contributed by atoms with van der Waals surface area (Å²) in [5.41, 5.74) is 0. The number of likely N-dealkylation sites (tertiary alicyclic amines) is 1. The average molecular weight is 334 g/mol. The first-order valence-corrected chi connectivity index (χ1v) is 9.64. The lowest BCUT2D eigenvalue weighted by atomic mass is 9.91. The van der Waals surface area contributed by atoms with Crippen LogP contribution in [-0.2, 0) is 4.79 Å². The third kappa shape index (κ3) is 3.77.